The zero-order valence-corrected chi connectivity index (χ0v) is 21.0. The van der Waals surface area contributed by atoms with E-state index in [0.29, 0.717) is 23.5 Å². The standard InChI is InChI=1S/C27H41N3O4/c1-18-14-30(19(2)17-31)27(33)23-13-22(28-26(32)21-9-10-21)11-12-24(23)34-25(18)16-29(3)15-20-7-5-4-6-8-20/h11-13,18-21,25,31H,4-10,14-17H2,1-3H3,(H,28,32)/t18-,19-,25+/m0/s1. The van der Waals surface area contributed by atoms with Crippen LogP contribution in [0.15, 0.2) is 18.2 Å². The molecule has 4 rings (SSSR count). The van der Waals surface area contributed by atoms with Crippen molar-refractivity contribution in [1.29, 1.82) is 0 Å². The number of rotatable bonds is 8. The molecule has 34 heavy (non-hydrogen) atoms. The van der Waals surface area contributed by atoms with Gasteiger partial charge in [0.25, 0.3) is 5.91 Å². The molecule has 0 bridgehead atoms. The summed E-state index contributed by atoms with van der Waals surface area (Å²) in [4.78, 5) is 29.9. The molecule has 0 aromatic heterocycles. The predicted octanol–water partition coefficient (Wildman–Crippen LogP) is 3.77. The number of nitrogens with zero attached hydrogens (tertiary/aromatic N) is 2. The monoisotopic (exact) mass is 471 g/mol. The van der Waals surface area contributed by atoms with E-state index in [1.807, 2.05) is 19.1 Å². The number of benzene rings is 1. The summed E-state index contributed by atoms with van der Waals surface area (Å²) >= 11 is 0. The maximum Gasteiger partial charge on any atom is 0.258 e. The Morgan fingerprint density at radius 1 is 1.21 bits per heavy atom. The number of ether oxygens (including phenoxy) is 1. The molecule has 7 nitrogen and oxygen atoms in total. The van der Waals surface area contributed by atoms with Crippen LogP contribution in [0.3, 0.4) is 0 Å². The van der Waals surface area contributed by atoms with Crippen molar-refractivity contribution in [2.75, 3.05) is 38.6 Å². The zero-order valence-electron chi connectivity index (χ0n) is 21.0. The summed E-state index contributed by atoms with van der Waals surface area (Å²) in [5.41, 5.74) is 1.06. The third-order valence-electron chi connectivity index (χ3n) is 7.67. The molecule has 2 aliphatic carbocycles. The molecule has 7 heteroatoms. The lowest BCUT2D eigenvalue weighted by molar-refractivity contribution is -0.117. The van der Waals surface area contributed by atoms with Crippen LogP contribution in [0.4, 0.5) is 5.69 Å². The number of carbonyl (C=O) groups is 2. The fraction of sp³-hybridized carbons (Fsp3) is 0.704. The van der Waals surface area contributed by atoms with Crippen LogP contribution in [-0.2, 0) is 4.79 Å². The Morgan fingerprint density at radius 3 is 2.62 bits per heavy atom. The summed E-state index contributed by atoms with van der Waals surface area (Å²) in [6.45, 7) is 6.27. The fourth-order valence-corrected chi connectivity index (χ4v) is 5.30. The molecule has 0 saturated heterocycles. The first-order valence-electron chi connectivity index (χ1n) is 13.1. The number of likely N-dealkylation sites (N-methyl/N-ethyl adjacent to an activating group) is 1. The van der Waals surface area contributed by atoms with Crippen LogP contribution in [0.5, 0.6) is 5.75 Å². The molecule has 2 N–H and O–H groups in total. The zero-order chi connectivity index (χ0) is 24.2. The minimum atomic E-state index is -0.300. The lowest BCUT2D eigenvalue weighted by atomic mass is 9.89. The Bertz CT molecular complexity index is 865. The van der Waals surface area contributed by atoms with Crippen LogP contribution in [0.1, 0.15) is 69.2 Å². The lowest BCUT2D eigenvalue weighted by Gasteiger charge is -2.38. The largest absolute Gasteiger partial charge is 0.488 e. The number of carbonyl (C=O) groups excluding carboxylic acids is 2. The molecule has 188 valence electrons. The van der Waals surface area contributed by atoms with Gasteiger partial charge in [0.1, 0.15) is 11.9 Å². The van der Waals surface area contributed by atoms with Gasteiger partial charge in [-0.25, -0.2) is 0 Å². The highest BCUT2D eigenvalue weighted by molar-refractivity contribution is 6.00. The maximum atomic E-state index is 13.5. The molecule has 1 aromatic rings. The Hall–Kier alpha value is -2.12. The summed E-state index contributed by atoms with van der Waals surface area (Å²) < 4.78 is 6.50. The van der Waals surface area contributed by atoms with Crippen molar-refractivity contribution in [3.8, 4) is 5.75 Å². The molecule has 1 aromatic carbocycles. The minimum absolute atomic E-state index is 0.00980. The molecular formula is C27H41N3O4. The number of aliphatic hydroxyl groups is 1. The average Bonchev–Trinajstić information content (AvgIpc) is 3.67. The van der Waals surface area contributed by atoms with Crippen LogP contribution in [-0.4, -0.2) is 72.2 Å². The minimum Gasteiger partial charge on any atom is -0.488 e. The van der Waals surface area contributed by atoms with Crippen molar-refractivity contribution in [2.45, 2.75) is 70.9 Å². The van der Waals surface area contributed by atoms with Gasteiger partial charge in [0, 0.05) is 37.2 Å². The predicted molar refractivity (Wildman–Crippen MR) is 133 cm³/mol. The number of hydrogen-bond acceptors (Lipinski definition) is 5. The van der Waals surface area contributed by atoms with Gasteiger partial charge in [-0.3, -0.25) is 9.59 Å². The highest BCUT2D eigenvalue weighted by Crippen LogP contribution is 2.33. The second-order valence-electron chi connectivity index (χ2n) is 10.8. The van der Waals surface area contributed by atoms with Crippen LogP contribution >= 0.6 is 0 Å². The van der Waals surface area contributed by atoms with Crippen molar-refractivity contribution in [2.24, 2.45) is 17.8 Å². The van der Waals surface area contributed by atoms with E-state index in [2.05, 4.69) is 24.2 Å². The molecule has 2 fully saturated rings. The number of aliphatic hydroxyl groups excluding tert-OH is 1. The molecule has 0 radical (unpaired) electrons. The normalized spacial score (nSPS) is 24.7. The molecule has 0 spiro atoms. The highest BCUT2D eigenvalue weighted by Gasteiger charge is 2.34. The molecule has 2 amide bonds. The second-order valence-corrected chi connectivity index (χ2v) is 10.8. The first-order chi connectivity index (χ1) is 16.4. The Balaban J connectivity index is 1.55. The molecule has 1 aliphatic heterocycles. The Labute approximate surface area is 203 Å². The van der Waals surface area contributed by atoms with Gasteiger partial charge in [0.2, 0.25) is 5.91 Å². The summed E-state index contributed by atoms with van der Waals surface area (Å²) in [5, 5.41) is 12.8. The number of nitrogens with one attached hydrogen (secondary N) is 1. The summed E-state index contributed by atoms with van der Waals surface area (Å²) in [6, 6.07) is 5.06. The van der Waals surface area contributed by atoms with E-state index in [1.165, 1.54) is 32.1 Å². The Morgan fingerprint density at radius 2 is 1.94 bits per heavy atom. The summed E-state index contributed by atoms with van der Waals surface area (Å²) in [5.74, 6) is 1.33. The van der Waals surface area contributed by atoms with Crippen LogP contribution in [0, 0.1) is 17.8 Å². The first kappa shape index (κ1) is 25.0. The van der Waals surface area contributed by atoms with E-state index in [4.69, 9.17) is 4.74 Å². The van der Waals surface area contributed by atoms with Crippen molar-refractivity contribution >= 4 is 17.5 Å². The summed E-state index contributed by atoms with van der Waals surface area (Å²) in [7, 11) is 2.17. The molecule has 3 atom stereocenters. The van der Waals surface area contributed by atoms with Crippen molar-refractivity contribution in [3.63, 3.8) is 0 Å². The molecular weight excluding hydrogens is 430 g/mol. The van der Waals surface area contributed by atoms with Crippen LogP contribution < -0.4 is 10.1 Å². The quantitative estimate of drug-likeness (QED) is 0.603. The van der Waals surface area contributed by atoms with E-state index in [9.17, 15) is 14.7 Å². The van der Waals surface area contributed by atoms with Crippen molar-refractivity contribution < 1.29 is 19.4 Å². The topological polar surface area (TPSA) is 82.1 Å². The van der Waals surface area contributed by atoms with Gasteiger partial charge in [-0.15, -0.1) is 0 Å². The van der Waals surface area contributed by atoms with E-state index < -0.39 is 0 Å². The number of anilines is 1. The van der Waals surface area contributed by atoms with E-state index >= 15 is 0 Å². The molecule has 0 unspecified atom stereocenters. The number of amides is 2. The van der Waals surface area contributed by atoms with Gasteiger partial charge in [-0.1, -0.05) is 26.2 Å². The maximum absolute atomic E-state index is 13.5. The van der Waals surface area contributed by atoms with E-state index in [0.717, 1.165) is 31.8 Å². The fourth-order valence-electron chi connectivity index (χ4n) is 5.30. The van der Waals surface area contributed by atoms with Crippen LogP contribution in [0.25, 0.3) is 0 Å². The van der Waals surface area contributed by atoms with Gasteiger partial charge in [0.05, 0.1) is 18.2 Å². The van der Waals surface area contributed by atoms with Crippen molar-refractivity contribution in [1.82, 2.24) is 9.80 Å². The molecule has 2 saturated carbocycles. The second kappa shape index (κ2) is 11.1. The smallest absolute Gasteiger partial charge is 0.258 e. The summed E-state index contributed by atoms with van der Waals surface area (Å²) in [6.07, 6.45) is 8.40. The third-order valence-corrected chi connectivity index (χ3v) is 7.67. The average molecular weight is 472 g/mol. The van der Waals surface area contributed by atoms with Gasteiger partial charge >= 0.3 is 0 Å². The van der Waals surface area contributed by atoms with Gasteiger partial charge in [-0.2, -0.15) is 0 Å². The Kier molecular flexibility index (Phi) is 8.14. The SMILES string of the molecule is C[C@H]1CN([C@@H](C)CO)C(=O)c2cc(NC(=O)C3CC3)ccc2O[C@@H]1CN(C)CC1CCCCC1. The molecule has 1 heterocycles. The van der Waals surface area contributed by atoms with Crippen LogP contribution in [0.2, 0.25) is 0 Å². The van der Waals surface area contributed by atoms with Gasteiger partial charge in [0.15, 0.2) is 0 Å². The highest BCUT2D eigenvalue weighted by atomic mass is 16.5. The first-order valence-corrected chi connectivity index (χ1v) is 13.1. The number of fused-ring (bicyclic) bond motifs is 1. The van der Waals surface area contributed by atoms with E-state index in [-0.39, 0.29) is 42.4 Å². The molecule has 3 aliphatic rings. The van der Waals surface area contributed by atoms with Gasteiger partial charge in [-0.05, 0) is 63.8 Å². The van der Waals surface area contributed by atoms with E-state index in [1.54, 1.807) is 11.0 Å². The van der Waals surface area contributed by atoms with Gasteiger partial charge < -0.3 is 25.0 Å². The number of hydrogen-bond donors (Lipinski definition) is 2. The third kappa shape index (κ3) is 6.11. The van der Waals surface area contributed by atoms with Crippen molar-refractivity contribution in [3.05, 3.63) is 23.8 Å². The lowest BCUT2D eigenvalue weighted by Crippen LogP contribution is -2.50.